The van der Waals surface area contributed by atoms with Crippen molar-refractivity contribution in [2.75, 3.05) is 44.2 Å². The molecule has 0 saturated carbocycles. The van der Waals surface area contributed by atoms with Crippen LogP contribution in [0, 0.1) is 0 Å². The maximum atomic E-state index is 13.2. The molecule has 6 nitrogen and oxygen atoms in total. The Balaban J connectivity index is 1.87. The zero-order chi connectivity index (χ0) is 18.9. The van der Waals surface area contributed by atoms with Crippen molar-refractivity contribution in [1.82, 2.24) is 9.80 Å². The topological polar surface area (TPSA) is 74.8 Å². The van der Waals surface area contributed by atoms with Gasteiger partial charge in [-0.3, -0.25) is 4.90 Å². The summed E-state index contributed by atoms with van der Waals surface area (Å²) in [6.45, 7) is 8.21. The van der Waals surface area contributed by atoms with Crippen molar-refractivity contribution >= 4 is 19.7 Å². The maximum absolute atomic E-state index is 13.2. The lowest BCUT2D eigenvalue weighted by molar-refractivity contribution is 0.109. The first kappa shape index (κ1) is 19.8. The maximum Gasteiger partial charge on any atom is 0.183 e. The molecule has 0 N–H and O–H groups in total. The van der Waals surface area contributed by atoms with Crippen molar-refractivity contribution in [3.8, 4) is 0 Å². The lowest BCUT2D eigenvalue weighted by Crippen LogP contribution is -2.54. The van der Waals surface area contributed by atoms with E-state index in [4.69, 9.17) is 0 Å². The minimum Gasteiger partial charge on any atom is -0.301 e. The quantitative estimate of drug-likeness (QED) is 0.729. The molecule has 0 bridgehead atoms. The van der Waals surface area contributed by atoms with E-state index in [9.17, 15) is 16.8 Å². The standard InChI is InChI=1S/C18H28N2O4S2/c1-3-15-5-7-16(8-6-15)26(23,24)18-14-25(21,22)13-17(18)20-11-9-19(4-2)10-12-20/h5-8,17-18H,3-4,9-14H2,1-2H3/t17-,18-/m0/s1. The SMILES string of the molecule is CCc1ccc(S(=O)(=O)[C@H]2CS(=O)(=O)C[C@@H]2N2CCN(CC)CC2)cc1. The number of likely N-dealkylation sites (N-methyl/N-ethyl adjacent to an activating group) is 1. The van der Waals surface area contributed by atoms with Crippen LogP contribution in [0.25, 0.3) is 0 Å². The molecule has 1 aromatic rings. The molecule has 2 heterocycles. The van der Waals surface area contributed by atoms with Crippen LogP contribution in [-0.4, -0.2) is 82.2 Å². The third-order valence-corrected chi connectivity index (χ3v) is 9.79. The van der Waals surface area contributed by atoms with Crippen LogP contribution in [-0.2, 0) is 26.1 Å². The molecule has 0 amide bonds. The molecule has 8 heteroatoms. The molecule has 0 radical (unpaired) electrons. The molecule has 26 heavy (non-hydrogen) atoms. The van der Waals surface area contributed by atoms with Crippen LogP contribution in [0.15, 0.2) is 29.2 Å². The molecule has 0 unspecified atom stereocenters. The third-order valence-electron chi connectivity index (χ3n) is 5.65. The molecule has 1 aromatic carbocycles. The number of benzene rings is 1. The Bertz CT molecular complexity index is 826. The number of piperazine rings is 1. The fourth-order valence-corrected chi connectivity index (χ4v) is 8.76. The van der Waals surface area contributed by atoms with Gasteiger partial charge in [-0.15, -0.1) is 0 Å². The summed E-state index contributed by atoms with van der Waals surface area (Å²) in [6.07, 6.45) is 0.836. The van der Waals surface area contributed by atoms with Gasteiger partial charge in [0.25, 0.3) is 0 Å². The highest BCUT2D eigenvalue weighted by Gasteiger charge is 2.48. The first-order valence-corrected chi connectivity index (χ1v) is 12.6. The Labute approximate surface area is 157 Å². The largest absolute Gasteiger partial charge is 0.301 e. The second kappa shape index (κ2) is 7.58. The minimum absolute atomic E-state index is 0.0595. The van der Waals surface area contributed by atoms with Crippen molar-refractivity contribution in [3.63, 3.8) is 0 Å². The van der Waals surface area contributed by atoms with Gasteiger partial charge in [-0.1, -0.05) is 26.0 Å². The number of aryl methyl sites for hydroxylation is 1. The Hall–Kier alpha value is -0.960. The van der Waals surface area contributed by atoms with Crippen molar-refractivity contribution in [2.45, 2.75) is 36.5 Å². The van der Waals surface area contributed by atoms with Gasteiger partial charge in [-0.25, -0.2) is 16.8 Å². The molecule has 2 aliphatic rings. The van der Waals surface area contributed by atoms with Crippen LogP contribution in [0.5, 0.6) is 0 Å². The fraction of sp³-hybridized carbons (Fsp3) is 0.667. The van der Waals surface area contributed by atoms with Gasteiger partial charge in [0.05, 0.1) is 21.7 Å². The predicted octanol–water partition coefficient (Wildman–Crippen LogP) is 0.826. The molecular weight excluding hydrogens is 372 g/mol. The van der Waals surface area contributed by atoms with Gasteiger partial charge in [-0.2, -0.15) is 0 Å². The van der Waals surface area contributed by atoms with Gasteiger partial charge >= 0.3 is 0 Å². The average molecular weight is 401 g/mol. The number of hydrogen-bond donors (Lipinski definition) is 0. The van der Waals surface area contributed by atoms with E-state index in [0.29, 0.717) is 0 Å². The van der Waals surface area contributed by atoms with E-state index >= 15 is 0 Å². The Morgan fingerprint density at radius 1 is 1.00 bits per heavy atom. The summed E-state index contributed by atoms with van der Waals surface area (Å²) in [7, 11) is -7.04. The molecule has 2 aliphatic heterocycles. The first-order chi connectivity index (χ1) is 12.3. The van der Waals surface area contributed by atoms with E-state index in [1.807, 2.05) is 19.1 Å². The number of rotatable bonds is 5. The summed E-state index contributed by atoms with van der Waals surface area (Å²) in [5.41, 5.74) is 1.07. The van der Waals surface area contributed by atoms with Gasteiger partial charge in [0.1, 0.15) is 0 Å². The van der Waals surface area contributed by atoms with Crippen LogP contribution >= 0.6 is 0 Å². The van der Waals surface area contributed by atoms with E-state index in [0.717, 1.165) is 44.7 Å². The zero-order valence-corrected chi connectivity index (χ0v) is 17.1. The summed E-state index contributed by atoms with van der Waals surface area (Å²) in [4.78, 5) is 4.60. The highest BCUT2D eigenvalue weighted by molar-refractivity contribution is 7.96. The molecule has 3 rings (SSSR count). The highest BCUT2D eigenvalue weighted by atomic mass is 32.2. The zero-order valence-electron chi connectivity index (χ0n) is 15.5. The van der Waals surface area contributed by atoms with Crippen molar-refractivity contribution in [3.05, 3.63) is 29.8 Å². The summed E-state index contributed by atoms with van der Waals surface area (Å²) in [5, 5.41) is -0.881. The lowest BCUT2D eigenvalue weighted by Gasteiger charge is -2.38. The Morgan fingerprint density at radius 3 is 2.15 bits per heavy atom. The van der Waals surface area contributed by atoms with E-state index in [1.54, 1.807) is 12.1 Å². The lowest BCUT2D eigenvalue weighted by atomic mass is 10.2. The summed E-state index contributed by atoms with van der Waals surface area (Å²) < 4.78 is 51.0. The number of sulfone groups is 2. The van der Waals surface area contributed by atoms with Crippen LogP contribution in [0.1, 0.15) is 19.4 Å². The summed E-state index contributed by atoms with van der Waals surface area (Å²) >= 11 is 0. The molecule has 0 aromatic heterocycles. The fourth-order valence-electron chi connectivity index (χ4n) is 3.93. The summed E-state index contributed by atoms with van der Waals surface area (Å²) in [5.74, 6) is -0.334. The summed E-state index contributed by atoms with van der Waals surface area (Å²) in [6, 6.07) is 6.41. The van der Waals surface area contributed by atoms with Crippen LogP contribution in [0.3, 0.4) is 0 Å². The predicted molar refractivity (Wildman–Crippen MR) is 103 cm³/mol. The van der Waals surface area contributed by atoms with Gasteiger partial charge in [-0.05, 0) is 30.7 Å². The molecule has 0 spiro atoms. The second-order valence-electron chi connectivity index (χ2n) is 7.20. The number of hydrogen-bond acceptors (Lipinski definition) is 6. The Morgan fingerprint density at radius 2 is 1.62 bits per heavy atom. The second-order valence-corrected chi connectivity index (χ2v) is 11.5. The van der Waals surface area contributed by atoms with Crippen LogP contribution < -0.4 is 0 Å². The highest BCUT2D eigenvalue weighted by Crippen LogP contribution is 2.30. The minimum atomic E-state index is -3.69. The average Bonchev–Trinajstić information content (AvgIpc) is 2.98. The molecule has 2 saturated heterocycles. The van der Waals surface area contributed by atoms with Crippen LogP contribution in [0.2, 0.25) is 0 Å². The molecular formula is C18H28N2O4S2. The Kier molecular flexibility index (Phi) is 5.77. The third kappa shape index (κ3) is 3.98. The smallest absolute Gasteiger partial charge is 0.183 e. The monoisotopic (exact) mass is 400 g/mol. The normalized spacial score (nSPS) is 27.6. The molecule has 0 aliphatic carbocycles. The van der Waals surface area contributed by atoms with E-state index in [-0.39, 0.29) is 16.4 Å². The number of nitrogens with zero attached hydrogens (tertiary/aromatic N) is 2. The van der Waals surface area contributed by atoms with Gasteiger partial charge in [0.15, 0.2) is 19.7 Å². The van der Waals surface area contributed by atoms with Crippen LogP contribution in [0.4, 0.5) is 0 Å². The van der Waals surface area contributed by atoms with Crippen molar-refractivity contribution < 1.29 is 16.8 Å². The molecule has 2 fully saturated rings. The van der Waals surface area contributed by atoms with Crippen molar-refractivity contribution in [2.24, 2.45) is 0 Å². The van der Waals surface area contributed by atoms with Crippen molar-refractivity contribution in [1.29, 1.82) is 0 Å². The van der Waals surface area contributed by atoms with Gasteiger partial charge < -0.3 is 4.90 Å². The van der Waals surface area contributed by atoms with E-state index in [2.05, 4.69) is 16.7 Å². The molecule has 146 valence electrons. The van der Waals surface area contributed by atoms with Gasteiger partial charge in [0, 0.05) is 32.2 Å². The van der Waals surface area contributed by atoms with E-state index < -0.39 is 31.0 Å². The molecule has 2 atom stereocenters. The first-order valence-electron chi connectivity index (χ1n) is 9.26. The van der Waals surface area contributed by atoms with E-state index in [1.165, 1.54) is 0 Å². The van der Waals surface area contributed by atoms with Gasteiger partial charge in [0.2, 0.25) is 0 Å².